The molecule has 1 aliphatic rings. The van der Waals surface area contributed by atoms with E-state index in [-0.39, 0.29) is 12.2 Å². The summed E-state index contributed by atoms with van der Waals surface area (Å²) in [5, 5.41) is 0. The number of rotatable bonds is 7. The van der Waals surface area contributed by atoms with Crippen molar-refractivity contribution in [3.8, 4) is 0 Å². The highest BCUT2D eigenvalue weighted by molar-refractivity contribution is 7.89. The Morgan fingerprint density at radius 2 is 1.80 bits per heavy atom. The van der Waals surface area contributed by atoms with Crippen molar-refractivity contribution in [3.63, 3.8) is 0 Å². The zero-order chi connectivity index (χ0) is 15.2. The second kappa shape index (κ2) is 7.98. The van der Waals surface area contributed by atoms with E-state index in [1.165, 1.54) is 26.3 Å². The summed E-state index contributed by atoms with van der Waals surface area (Å²) in [5.74, 6) is 1.49. The van der Waals surface area contributed by atoms with Crippen LogP contribution in [-0.4, -0.2) is 33.8 Å². The van der Waals surface area contributed by atoms with E-state index in [2.05, 4.69) is 18.6 Å². The van der Waals surface area contributed by atoms with Crippen LogP contribution in [0.3, 0.4) is 0 Å². The lowest BCUT2D eigenvalue weighted by molar-refractivity contribution is -0.143. The second-order valence-corrected chi connectivity index (χ2v) is 8.11. The molecule has 2 atom stereocenters. The third-order valence-electron chi connectivity index (χ3n) is 3.95. The Balaban J connectivity index is 2.19. The SMILES string of the molecule is CNS(=O)(=O)CCC(=O)OCCC1C[C@H](C)C[C@@H](C)C1. The number of carbonyl (C=O) groups is 1. The van der Waals surface area contributed by atoms with Gasteiger partial charge >= 0.3 is 5.97 Å². The van der Waals surface area contributed by atoms with Crippen LogP contribution < -0.4 is 4.72 Å². The van der Waals surface area contributed by atoms with E-state index in [4.69, 9.17) is 4.74 Å². The zero-order valence-electron chi connectivity index (χ0n) is 12.7. The third kappa shape index (κ3) is 6.70. The summed E-state index contributed by atoms with van der Waals surface area (Å²) in [6.07, 6.45) is 4.50. The molecule has 0 unspecified atom stereocenters. The fourth-order valence-electron chi connectivity index (χ4n) is 3.08. The standard InChI is InChI=1S/C14H27NO4S/c1-11-8-12(2)10-13(9-11)4-6-19-14(16)5-7-20(17,18)15-3/h11-13,15H,4-10H2,1-3H3/t11-,12-/m1/s1. The summed E-state index contributed by atoms with van der Waals surface area (Å²) < 4.78 is 29.7. The van der Waals surface area contributed by atoms with Crippen molar-refractivity contribution in [1.82, 2.24) is 4.72 Å². The third-order valence-corrected chi connectivity index (χ3v) is 5.31. The van der Waals surface area contributed by atoms with Crippen molar-refractivity contribution in [2.45, 2.75) is 46.0 Å². The van der Waals surface area contributed by atoms with E-state index >= 15 is 0 Å². The lowest BCUT2D eigenvalue weighted by Crippen LogP contribution is -2.24. The molecule has 20 heavy (non-hydrogen) atoms. The summed E-state index contributed by atoms with van der Waals surface area (Å²) in [7, 11) is -1.99. The van der Waals surface area contributed by atoms with E-state index in [9.17, 15) is 13.2 Å². The molecule has 0 bridgehead atoms. The van der Waals surface area contributed by atoms with Gasteiger partial charge in [0.2, 0.25) is 10.0 Å². The van der Waals surface area contributed by atoms with Crippen molar-refractivity contribution in [2.75, 3.05) is 19.4 Å². The Morgan fingerprint density at radius 3 is 2.35 bits per heavy atom. The van der Waals surface area contributed by atoms with E-state index in [1.54, 1.807) is 0 Å². The maximum absolute atomic E-state index is 11.5. The minimum atomic E-state index is -3.33. The fraction of sp³-hybridized carbons (Fsp3) is 0.929. The van der Waals surface area contributed by atoms with Crippen LogP contribution in [0.5, 0.6) is 0 Å². The Morgan fingerprint density at radius 1 is 1.20 bits per heavy atom. The van der Waals surface area contributed by atoms with Gasteiger partial charge in [0.1, 0.15) is 0 Å². The predicted octanol–water partition coefficient (Wildman–Crippen LogP) is 1.93. The van der Waals surface area contributed by atoms with Gasteiger partial charge in [-0.2, -0.15) is 0 Å². The first-order chi connectivity index (χ1) is 9.32. The predicted molar refractivity (Wildman–Crippen MR) is 78.7 cm³/mol. The molecular weight excluding hydrogens is 278 g/mol. The lowest BCUT2D eigenvalue weighted by Gasteiger charge is -2.31. The highest BCUT2D eigenvalue weighted by atomic mass is 32.2. The van der Waals surface area contributed by atoms with Crippen LogP contribution in [0, 0.1) is 17.8 Å². The zero-order valence-corrected chi connectivity index (χ0v) is 13.5. The molecule has 1 aliphatic carbocycles. The summed E-state index contributed by atoms with van der Waals surface area (Å²) >= 11 is 0. The second-order valence-electron chi connectivity index (χ2n) is 6.07. The molecule has 0 aromatic carbocycles. The van der Waals surface area contributed by atoms with Gasteiger partial charge in [-0.1, -0.05) is 13.8 Å². The Bertz CT molecular complexity index is 397. The Kier molecular flexibility index (Phi) is 6.95. The van der Waals surface area contributed by atoms with Gasteiger partial charge in [0.25, 0.3) is 0 Å². The van der Waals surface area contributed by atoms with Gasteiger partial charge in [0.05, 0.1) is 18.8 Å². The number of ether oxygens (including phenoxy) is 1. The number of carbonyl (C=O) groups excluding carboxylic acids is 1. The molecule has 1 N–H and O–H groups in total. The minimum absolute atomic E-state index is 0.0827. The number of hydrogen-bond donors (Lipinski definition) is 1. The van der Waals surface area contributed by atoms with Crippen LogP contribution in [-0.2, 0) is 19.6 Å². The fourth-order valence-corrected chi connectivity index (χ4v) is 3.72. The number of nitrogens with one attached hydrogen (secondary N) is 1. The summed E-state index contributed by atoms with van der Waals surface area (Å²) in [6, 6.07) is 0. The van der Waals surface area contributed by atoms with Crippen molar-refractivity contribution >= 4 is 16.0 Å². The molecule has 0 amide bonds. The van der Waals surface area contributed by atoms with Gasteiger partial charge in [-0.25, -0.2) is 13.1 Å². The molecule has 0 spiro atoms. The number of sulfonamides is 1. The first-order valence-electron chi connectivity index (χ1n) is 7.39. The normalized spacial score (nSPS) is 27.2. The topological polar surface area (TPSA) is 72.5 Å². The smallest absolute Gasteiger partial charge is 0.306 e. The molecule has 0 radical (unpaired) electrons. The summed E-state index contributed by atoms with van der Waals surface area (Å²) in [4.78, 5) is 11.5. The lowest BCUT2D eigenvalue weighted by atomic mass is 9.75. The van der Waals surface area contributed by atoms with Crippen LogP contribution in [0.2, 0.25) is 0 Å². The van der Waals surface area contributed by atoms with Crippen LogP contribution in [0.25, 0.3) is 0 Å². The maximum Gasteiger partial charge on any atom is 0.306 e. The molecule has 1 saturated carbocycles. The number of esters is 1. The molecule has 1 fully saturated rings. The molecule has 0 heterocycles. The van der Waals surface area contributed by atoms with Gasteiger partial charge in [-0.05, 0) is 50.5 Å². The highest BCUT2D eigenvalue weighted by Gasteiger charge is 2.23. The van der Waals surface area contributed by atoms with E-state index < -0.39 is 16.0 Å². The molecule has 0 saturated heterocycles. The summed E-state index contributed by atoms with van der Waals surface area (Å²) in [5.41, 5.74) is 0. The minimum Gasteiger partial charge on any atom is -0.466 e. The molecular formula is C14H27NO4S. The molecule has 1 rings (SSSR count). The monoisotopic (exact) mass is 305 g/mol. The van der Waals surface area contributed by atoms with Crippen molar-refractivity contribution in [1.29, 1.82) is 0 Å². The highest BCUT2D eigenvalue weighted by Crippen LogP contribution is 2.34. The largest absolute Gasteiger partial charge is 0.466 e. The van der Waals surface area contributed by atoms with Crippen LogP contribution in [0.1, 0.15) is 46.0 Å². The molecule has 0 aromatic rings. The Hall–Kier alpha value is -0.620. The van der Waals surface area contributed by atoms with E-state index in [0.29, 0.717) is 12.5 Å². The molecule has 0 aromatic heterocycles. The number of hydrogen-bond acceptors (Lipinski definition) is 4. The van der Waals surface area contributed by atoms with Crippen molar-refractivity contribution in [2.24, 2.45) is 17.8 Å². The first kappa shape index (κ1) is 17.4. The van der Waals surface area contributed by atoms with E-state index in [1.807, 2.05) is 0 Å². The first-order valence-corrected chi connectivity index (χ1v) is 9.04. The van der Waals surface area contributed by atoms with Gasteiger partial charge < -0.3 is 4.74 Å². The quantitative estimate of drug-likeness (QED) is 0.730. The van der Waals surface area contributed by atoms with Crippen molar-refractivity contribution in [3.05, 3.63) is 0 Å². The van der Waals surface area contributed by atoms with Crippen LogP contribution in [0.15, 0.2) is 0 Å². The summed E-state index contributed by atoms with van der Waals surface area (Å²) in [6.45, 7) is 4.96. The average molecular weight is 305 g/mol. The Labute approximate surface area is 122 Å². The average Bonchev–Trinajstić information content (AvgIpc) is 2.35. The van der Waals surface area contributed by atoms with Crippen molar-refractivity contribution < 1.29 is 17.9 Å². The van der Waals surface area contributed by atoms with Crippen LogP contribution in [0.4, 0.5) is 0 Å². The van der Waals surface area contributed by atoms with Gasteiger partial charge in [0.15, 0.2) is 0 Å². The van der Waals surface area contributed by atoms with E-state index in [0.717, 1.165) is 18.3 Å². The van der Waals surface area contributed by atoms with Gasteiger partial charge in [-0.3, -0.25) is 4.79 Å². The molecule has 118 valence electrons. The molecule has 6 heteroatoms. The van der Waals surface area contributed by atoms with Gasteiger partial charge in [0, 0.05) is 0 Å². The van der Waals surface area contributed by atoms with Crippen LogP contribution >= 0.6 is 0 Å². The molecule has 0 aliphatic heterocycles. The molecule has 5 nitrogen and oxygen atoms in total. The van der Waals surface area contributed by atoms with Gasteiger partial charge in [-0.15, -0.1) is 0 Å². The maximum atomic E-state index is 11.5.